The molecule has 3 heterocycles. The highest BCUT2D eigenvalue weighted by atomic mass is 35.5. The first-order chi connectivity index (χ1) is 10.3. The average Bonchev–Trinajstić information content (AvgIpc) is 2.56. The fourth-order valence-corrected chi connectivity index (χ4v) is 2.68. The van der Waals surface area contributed by atoms with E-state index in [2.05, 4.69) is 19.8 Å². The fraction of sp³-hybridized carbons (Fsp3) is 0.333. The summed E-state index contributed by atoms with van der Waals surface area (Å²) in [6.45, 7) is 4.05. The standard InChI is InChI=1S/C15H18ClN5/c16-12-4-5-15(19-13(12)11-17)21-9-7-20(8-10-21)14-3-1-2-6-18-14/h1-6H,7-11,17H2. The molecule has 21 heavy (non-hydrogen) atoms. The molecule has 0 amide bonds. The molecule has 0 atom stereocenters. The molecule has 3 rings (SSSR count). The van der Waals surface area contributed by atoms with Gasteiger partial charge in [0.15, 0.2) is 0 Å². The van der Waals surface area contributed by atoms with Crippen LogP contribution in [0.3, 0.4) is 0 Å². The summed E-state index contributed by atoms with van der Waals surface area (Å²) in [5, 5.41) is 0.633. The van der Waals surface area contributed by atoms with Crippen LogP contribution in [0.1, 0.15) is 5.69 Å². The maximum Gasteiger partial charge on any atom is 0.129 e. The topological polar surface area (TPSA) is 58.3 Å². The van der Waals surface area contributed by atoms with Gasteiger partial charge in [-0.3, -0.25) is 0 Å². The number of hydrogen-bond donors (Lipinski definition) is 1. The largest absolute Gasteiger partial charge is 0.353 e. The summed E-state index contributed by atoms with van der Waals surface area (Å²) >= 11 is 6.06. The molecule has 0 unspecified atom stereocenters. The number of pyridine rings is 2. The molecule has 0 saturated carbocycles. The summed E-state index contributed by atoms with van der Waals surface area (Å²) in [7, 11) is 0. The fourth-order valence-electron chi connectivity index (χ4n) is 2.50. The highest BCUT2D eigenvalue weighted by Crippen LogP contribution is 2.21. The normalized spacial score (nSPS) is 15.3. The van der Waals surface area contributed by atoms with Crippen LogP contribution in [0.25, 0.3) is 0 Å². The first-order valence-corrected chi connectivity index (χ1v) is 7.42. The molecule has 2 N–H and O–H groups in total. The van der Waals surface area contributed by atoms with E-state index in [4.69, 9.17) is 17.3 Å². The Morgan fingerprint density at radius 3 is 2.33 bits per heavy atom. The molecule has 0 radical (unpaired) electrons. The molecule has 2 aromatic heterocycles. The van der Waals surface area contributed by atoms with E-state index in [1.54, 1.807) is 0 Å². The summed E-state index contributed by atoms with van der Waals surface area (Å²) < 4.78 is 0. The minimum atomic E-state index is 0.362. The van der Waals surface area contributed by atoms with Gasteiger partial charge in [0.25, 0.3) is 0 Å². The second kappa shape index (κ2) is 6.28. The molecule has 5 nitrogen and oxygen atoms in total. The van der Waals surface area contributed by atoms with Crippen molar-refractivity contribution in [2.45, 2.75) is 6.54 Å². The van der Waals surface area contributed by atoms with E-state index in [-0.39, 0.29) is 0 Å². The minimum absolute atomic E-state index is 0.362. The number of nitrogens with two attached hydrogens (primary N) is 1. The predicted octanol–water partition coefficient (Wildman–Crippen LogP) is 1.92. The Morgan fingerprint density at radius 1 is 1.00 bits per heavy atom. The lowest BCUT2D eigenvalue weighted by Crippen LogP contribution is -2.47. The maximum atomic E-state index is 6.06. The third-order valence-electron chi connectivity index (χ3n) is 3.67. The van der Waals surface area contributed by atoms with Crippen LogP contribution in [-0.4, -0.2) is 36.1 Å². The van der Waals surface area contributed by atoms with E-state index in [1.807, 2.05) is 36.5 Å². The van der Waals surface area contributed by atoms with E-state index in [0.29, 0.717) is 11.6 Å². The molecule has 1 saturated heterocycles. The molecular weight excluding hydrogens is 286 g/mol. The number of anilines is 2. The lowest BCUT2D eigenvalue weighted by molar-refractivity contribution is 0.640. The minimum Gasteiger partial charge on any atom is -0.353 e. The third-order valence-corrected chi connectivity index (χ3v) is 4.02. The molecule has 1 aliphatic heterocycles. The van der Waals surface area contributed by atoms with Crippen molar-refractivity contribution in [3.8, 4) is 0 Å². The van der Waals surface area contributed by atoms with Crippen LogP contribution >= 0.6 is 11.6 Å². The van der Waals surface area contributed by atoms with E-state index in [9.17, 15) is 0 Å². The predicted molar refractivity (Wildman–Crippen MR) is 85.8 cm³/mol. The van der Waals surface area contributed by atoms with Gasteiger partial charge in [-0.2, -0.15) is 0 Å². The van der Waals surface area contributed by atoms with Gasteiger partial charge in [0, 0.05) is 38.9 Å². The van der Waals surface area contributed by atoms with Crippen LogP contribution in [0.15, 0.2) is 36.5 Å². The van der Waals surface area contributed by atoms with Crippen molar-refractivity contribution in [1.82, 2.24) is 9.97 Å². The van der Waals surface area contributed by atoms with Gasteiger partial charge < -0.3 is 15.5 Å². The molecule has 0 aromatic carbocycles. The van der Waals surface area contributed by atoms with Crippen LogP contribution in [0, 0.1) is 0 Å². The molecule has 0 bridgehead atoms. The number of nitrogens with zero attached hydrogens (tertiary/aromatic N) is 4. The Hall–Kier alpha value is -1.85. The molecule has 1 fully saturated rings. The quantitative estimate of drug-likeness (QED) is 0.939. The molecule has 1 aliphatic rings. The zero-order valence-electron chi connectivity index (χ0n) is 11.7. The second-order valence-electron chi connectivity index (χ2n) is 4.96. The average molecular weight is 304 g/mol. The number of piperazine rings is 1. The third kappa shape index (κ3) is 3.09. The number of rotatable bonds is 3. The summed E-state index contributed by atoms with van der Waals surface area (Å²) in [5.74, 6) is 1.98. The van der Waals surface area contributed by atoms with Crippen LogP contribution in [-0.2, 0) is 6.54 Å². The molecule has 2 aromatic rings. The first kappa shape index (κ1) is 14.1. The molecule has 110 valence electrons. The SMILES string of the molecule is NCc1nc(N2CCN(c3ccccn3)CC2)ccc1Cl. The molecule has 0 spiro atoms. The summed E-state index contributed by atoms with van der Waals surface area (Å²) in [6, 6.07) is 9.83. The zero-order valence-corrected chi connectivity index (χ0v) is 12.5. The van der Waals surface area contributed by atoms with Crippen LogP contribution in [0.4, 0.5) is 11.6 Å². The van der Waals surface area contributed by atoms with Crippen molar-refractivity contribution in [1.29, 1.82) is 0 Å². The lowest BCUT2D eigenvalue weighted by Gasteiger charge is -2.36. The van der Waals surface area contributed by atoms with Crippen molar-refractivity contribution in [3.63, 3.8) is 0 Å². The van der Waals surface area contributed by atoms with Gasteiger partial charge in [-0.15, -0.1) is 0 Å². The second-order valence-corrected chi connectivity index (χ2v) is 5.37. The highest BCUT2D eigenvalue weighted by Gasteiger charge is 2.19. The van der Waals surface area contributed by atoms with E-state index in [0.717, 1.165) is 43.5 Å². The van der Waals surface area contributed by atoms with Gasteiger partial charge in [-0.25, -0.2) is 9.97 Å². The Morgan fingerprint density at radius 2 is 1.71 bits per heavy atom. The smallest absolute Gasteiger partial charge is 0.129 e. The first-order valence-electron chi connectivity index (χ1n) is 7.04. The van der Waals surface area contributed by atoms with Gasteiger partial charge >= 0.3 is 0 Å². The van der Waals surface area contributed by atoms with E-state index >= 15 is 0 Å². The number of aromatic nitrogens is 2. The van der Waals surface area contributed by atoms with E-state index in [1.165, 1.54) is 0 Å². The Kier molecular flexibility index (Phi) is 4.22. The van der Waals surface area contributed by atoms with Gasteiger partial charge in [0.2, 0.25) is 0 Å². The Balaban J connectivity index is 1.68. The summed E-state index contributed by atoms with van der Waals surface area (Å²) in [4.78, 5) is 13.5. The Labute approximate surface area is 129 Å². The lowest BCUT2D eigenvalue weighted by atomic mass is 10.2. The van der Waals surface area contributed by atoms with Gasteiger partial charge in [-0.05, 0) is 24.3 Å². The highest BCUT2D eigenvalue weighted by molar-refractivity contribution is 6.31. The summed E-state index contributed by atoms with van der Waals surface area (Å²) in [6.07, 6.45) is 1.83. The van der Waals surface area contributed by atoms with E-state index < -0.39 is 0 Å². The molecular formula is C15H18ClN5. The molecule has 6 heteroatoms. The van der Waals surface area contributed by atoms with Crippen molar-refractivity contribution < 1.29 is 0 Å². The summed E-state index contributed by atoms with van der Waals surface area (Å²) in [5.41, 5.74) is 6.42. The zero-order chi connectivity index (χ0) is 14.7. The monoisotopic (exact) mass is 303 g/mol. The van der Waals surface area contributed by atoms with Crippen LogP contribution < -0.4 is 15.5 Å². The van der Waals surface area contributed by atoms with Crippen LogP contribution in [0.2, 0.25) is 5.02 Å². The van der Waals surface area contributed by atoms with Crippen molar-refractivity contribution in [2.75, 3.05) is 36.0 Å². The number of hydrogen-bond acceptors (Lipinski definition) is 5. The van der Waals surface area contributed by atoms with Crippen molar-refractivity contribution >= 4 is 23.2 Å². The van der Waals surface area contributed by atoms with Gasteiger partial charge in [0.1, 0.15) is 11.6 Å². The van der Waals surface area contributed by atoms with Crippen molar-refractivity contribution in [2.24, 2.45) is 5.73 Å². The van der Waals surface area contributed by atoms with Crippen molar-refractivity contribution in [3.05, 3.63) is 47.2 Å². The van der Waals surface area contributed by atoms with Gasteiger partial charge in [0.05, 0.1) is 10.7 Å². The Bertz CT molecular complexity index is 596. The van der Waals surface area contributed by atoms with Crippen LogP contribution in [0.5, 0.6) is 0 Å². The van der Waals surface area contributed by atoms with Gasteiger partial charge in [-0.1, -0.05) is 17.7 Å². The number of halogens is 1. The molecule has 0 aliphatic carbocycles. The maximum absolute atomic E-state index is 6.06.